The summed E-state index contributed by atoms with van der Waals surface area (Å²) in [6.07, 6.45) is 2.04. The number of hydrogen-bond donors (Lipinski definition) is 2. The number of benzene rings is 1. The average molecular weight is 315 g/mol. The Morgan fingerprint density at radius 3 is 2.86 bits per heavy atom. The van der Waals surface area contributed by atoms with E-state index in [0.717, 1.165) is 12.8 Å². The van der Waals surface area contributed by atoms with Gasteiger partial charge in [0.25, 0.3) is 0 Å². The molecule has 0 saturated carbocycles. The third-order valence-electron chi connectivity index (χ3n) is 2.79. The molecule has 0 aliphatic rings. The van der Waals surface area contributed by atoms with Crippen molar-refractivity contribution in [1.82, 2.24) is 5.32 Å². The second-order valence-electron chi connectivity index (χ2n) is 4.51. The minimum atomic E-state index is -0.0498. The fourth-order valence-electron chi connectivity index (χ4n) is 1.66. The number of halogens is 1. The van der Waals surface area contributed by atoms with Gasteiger partial charge in [0.1, 0.15) is 6.61 Å². The van der Waals surface area contributed by atoms with E-state index >= 15 is 0 Å². The molecule has 21 heavy (non-hydrogen) atoms. The maximum absolute atomic E-state index is 11.7. The van der Waals surface area contributed by atoms with Crippen molar-refractivity contribution in [2.45, 2.75) is 19.8 Å². The number of rotatable bonds is 10. The van der Waals surface area contributed by atoms with E-state index in [1.165, 1.54) is 0 Å². The molecule has 0 saturated heterocycles. The SMILES string of the molecule is CCCCNC(=O)CNc1cccc(Cl)c1OCCOC. The molecule has 0 heterocycles. The first-order valence-electron chi connectivity index (χ1n) is 7.09. The van der Waals surface area contributed by atoms with Crippen LogP contribution in [-0.4, -0.2) is 39.3 Å². The van der Waals surface area contributed by atoms with Gasteiger partial charge < -0.3 is 20.1 Å². The molecule has 5 nitrogen and oxygen atoms in total. The van der Waals surface area contributed by atoms with E-state index in [0.29, 0.717) is 36.2 Å². The first-order chi connectivity index (χ1) is 10.2. The van der Waals surface area contributed by atoms with E-state index in [2.05, 4.69) is 17.6 Å². The highest BCUT2D eigenvalue weighted by molar-refractivity contribution is 6.32. The number of unbranched alkanes of at least 4 members (excludes halogenated alkanes) is 1. The third-order valence-corrected chi connectivity index (χ3v) is 3.09. The summed E-state index contributed by atoms with van der Waals surface area (Å²) in [7, 11) is 1.61. The van der Waals surface area contributed by atoms with Gasteiger partial charge in [-0.3, -0.25) is 4.79 Å². The summed E-state index contributed by atoms with van der Waals surface area (Å²) in [6, 6.07) is 5.38. The molecule has 0 aliphatic carbocycles. The van der Waals surface area contributed by atoms with Gasteiger partial charge in [0.2, 0.25) is 5.91 Å². The summed E-state index contributed by atoms with van der Waals surface area (Å²) >= 11 is 6.12. The zero-order valence-electron chi connectivity index (χ0n) is 12.6. The normalized spacial score (nSPS) is 10.2. The maximum atomic E-state index is 11.7. The van der Waals surface area contributed by atoms with Crippen molar-refractivity contribution in [3.63, 3.8) is 0 Å². The number of para-hydroxylation sites is 1. The zero-order valence-corrected chi connectivity index (χ0v) is 13.3. The van der Waals surface area contributed by atoms with Crippen LogP contribution in [0.2, 0.25) is 5.02 Å². The molecule has 0 spiro atoms. The highest BCUT2D eigenvalue weighted by Gasteiger charge is 2.09. The van der Waals surface area contributed by atoms with Crippen molar-refractivity contribution in [2.75, 3.05) is 38.7 Å². The Labute approximate surface area is 131 Å². The molecule has 1 aromatic carbocycles. The number of anilines is 1. The van der Waals surface area contributed by atoms with Crippen molar-refractivity contribution >= 4 is 23.2 Å². The van der Waals surface area contributed by atoms with Crippen molar-refractivity contribution in [1.29, 1.82) is 0 Å². The van der Waals surface area contributed by atoms with E-state index < -0.39 is 0 Å². The molecule has 2 N–H and O–H groups in total. The molecular weight excluding hydrogens is 292 g/mol. The summed E-state index contributed by atoms with van der Waals surface area (Å²) in [6.45, 7) is 3.84. The summed E-state index contributed by atoms with van der Waals surface area (Å²) in [5.74, 6) is 0.490. The Bertz CT molecular complexity index is 441. The number of carbonyl (C=O) groups excluding carboxylic acids is 1. The Balaban J connectivity index is 2.53. The Kier molecular flexibility index (Phi) is 8.62. The lowest BCUT2D eigenvalue weighted by molar-refractivity contribution is -0.119. The molecule has 1 rings (SSSR count). The zero-order chi connectivity index (χ0) is 15.5. The van der Waals surface area contributed by atoms with Gasteiger partial charge in [0, 0.05) is 13.7 Å². The predicted molar refractivity (Wildman–Crippen MR) is 85.2 cm³/mol. The first-order valence-corrected chi connectivity index (χ1v) is 7.47. The van der Waals surface area contributed by atoms with E-state index in [-0.39, 0.29) is 12.5 Å². The van der Waals surface area contributed by atoms with Gasteiger partial charge in [0.05, 0.1) is 23.9 Å². The second-order valence-corrected chi connectivity index (χ2v) is 4.92. The molecule has 6 heteroatoms. The van der Waals surface area contributed by atoms with Gasteiger partial charge in [-0.25, -0.2) is 0 Å². The molecule has 0 atom stereocenters. The maximum Gasteiger partial charge on any atom is 0.239 e. The van der Waals surface area contributed by atoms with Gasteiger partial charge in [-0.15, -0.1) is 0 Å². The fraction of sp³-hybridized carbons (Fsp3) is 0.533. The van der Waals surface area contributed by atoms with Crippen LogP contribution in [0.4, 0.5) is 5.69 Å². The van der Waals surface area contributed by atoms with Crippen LogP contribution in [0.25, 0.3) is 0 Å². The third kappa shape index (κ3) is 6.69. The lowest BCUT2D eigenvalue weighted by Gasteiger charge is -2.14. The van der Waals surface area contributed by atoms with Crippen molar-refractivity contribution < 1.29 is 14.3 Å². The summed E-state index contributed by atoms with van der Waals surface area (Å²) in [4.78, 5) is 11.7. The summed E-state index contributed by atoms with van der Waals surface area (Å²) in [5, 5.41) is 6.39. The smallest absolute Gasteiger partial charge is 0.239 e. The fourth-order valence-corrected chi connectivity index (χ4v) is 1.89. The Morgan fingerprint density at radius 2 is 2.14 bits per heavy atom. The van der Waals surface area contributed by atoms with Crippen LogP contribution >= 0.6 is 11.6 Å². The number of carbonyl (C=O) groups is 1. The molecule has 0 bridgehead atoms. The first kappa shape index (κ1) is 17.6. The highest BCUT2D eigenvalue weighted by Crippen LogP contribution is 2.32. The van der Waals surface area contributed by atoms with Crippen LogP contribution in [0.3, 0.4) is 0 Å². The van der Waals surface area contributed by atoms with Crippen molar-refractivity contribution in [3.8, 4) is 5.75 Å². The summed E-state index contributed by atoms with van der Waals surface area (Å²) < 4.78 is 10.5. The van der Waals surface area contributed by atoms with Gasteiger partial charge in [-0.1, -0.05) is 31.0 Å². The van der Waals surface area contributed by atoms with Crippen molar-refractivity contribution in [2.24, 2.45) is 0 Å². The topological polar surface area (TPSA) is 59.6 Å². The Morgan fingerprint density at radius 1 is 1.33 bits per heavy atom. The number of amides is 1. The molecule has 0 aromatic heterocycles. The van der Waals surface area contributed by atoms with E-state index in [9.17, 15) is 4.79 Å². The molecule has 0 radical (unpaired) electrons. The molecule has 1 aromatic rings. The number of nitrogens with one attached hydrogen (secondary N) is 2. The summed E-state index contributed by atoms with van der Waals surface area (Å²) in [5.41, 5.74) is 0.698. The standard InChI is InChI=1S/C15H23ClN2O3/c1-3-4-8-17-14(19)11-18-13-7-5-6-12(16)15(13)21-10-9-20-2/h5-7,18H,3-4,8-11H2,1-2H3,(H,17,19). The van der Waals surface area contributed by atoms with Gasteiger partial charge >= 0.3 is 0 Å². The van der Waals surface area contributed by atoms with Crippen LogP contribution in [0, 0.1) is 0 Å². The lowest BCUT2D eigenvalue weighted by Crippen LogP contribution is -2.30. The van der Waals surface area contributed by atoms with Crippen LogP contribution in [0.1, 0.15) is 19.8 Å². The van der Waals surface area contributed by atoms with E-state index in [1.807, 2.05) is 12.1 Å². The minimum Gasteiger partial charge on any atom is -0.487 e. The lowest BCUT2D eigenvalue weighted by atomic mass is 10.3. The van der Waals surface area contributed by atoms with Gasteiger partial charge in [0.15, 0.2) is 5.75 Å². The number of hydrogen-bond acceptors (Lipinski definition) is 4. The average Bonchev–Trinajstić information content (AvgIpc) is 2.48. The monoisotopic (exact) mass is 314 g/mol. The van der Waals surface area contributed by atoms with Gasteiger partial charge in [-0.2, -0.15) is 0 Å². The minimum absolute atomic E-state index is 0.0498. The van der Waals surface area contributed by atoms with Crippen LogP contribution in [-0.2, 0) is 9.53 Å². The van der Waals surface area contributed by atoms with Crippen LogP contribution < -0.4 is 15.4 Å². The van der Waals surface area contributed by atoms with Crippen molar-refractivity contribution in [3.05, 3.63) is 23.2 Å². The number of ether oxygens (including phenoxy) is 2. The molecular formula is C15H23ClN2O3. The van der Waals surface area contributed by atoms with Crippen LogP contribution in [0.5, 0.6) is 5.75 Å². The Hall–Kier alpha value is -1.46. The number of methoxy groups -OCH3 is 1. The molecule has 118 valence electrons. The van der Waals surface area contributed by atoms with E-state index in [1.54, 1.807) is 13.2 Å². The van der Waals surface area contributed by atoms with Crippen LogP contribution in [0.15, 0.2) is 18.2 Å². The van der Waals surface area contributed by atoms with Gasteiger partial charge in [-0.05, 0) is 18.6 Å². The molecule has 0 unspecified atom stereocenters. The molecule has 1 amide bonds. The predicted octanol–water partition coefficient (Wildman–Crippen LogP) is 2.69. The molecule has 0 aliphatic heterocycles. The molecule has 0 fully saturated rings. The second kappa shape index (κ2) is 10.3. The highest BCUT2D eigenvalue weighted by atomic mass is 35.5. The largest absolute Gasteiger partial charge is 0.487 e. The quantitative estimate of drug-likeness (QED) is 0.652. The van der Waals surface area contributed by atoms with E-state index in [4.69, 9.17) is 21.1 Å².